The molecule has 2 aromatic rings. The van der Waals surface area contributed by atoms with Crippen molar-refractivity contribution in [3.05, 3.63) is 66.0 Å². The maximum atomic E-state index is 14.1. The summed E-state index contributed by atoms with van der Waals surface area (Å²) >= 11 is 0. The summed E-state index contributed by atoms with van der Waals surface area (Å²) in [5, 5.41) is 9.06. The Bertz CT molecular complexity index is 651. The predicted octanol–water partition coefficient (Wildman–Crippen LogP) is 3.60. The molecule has 0 amide bonds. The van der Waals surface area contributed by atoms with Gasteiger partial charge in [0.05, 0.1) is 17.7 Å². The van der Waals surface area contributed by atoms with Gasteiger partial charge in [-0.25, -0.2) is 0 Å². The fourth-order valence-corrected chi connectivity index (χ4v) is 1.95. The molecule has 0 spiro atoms. The van der Waals surface area contributed by atoms with Crippen LogP contribution in [0.15, 0.2) is 54.7 Å². The number of alkyl halides is 2. The van der Waals surface area contributed by atoms with Crippen LogP contribution in [-0.2, 0) is 0 Å². The van der Waals surface area contributed by atoms with Gasteiger partial charge in [-0.2, -0.15) is 14.0 Å². The molecule has 0 saturated carbocycles. The topological polar surface area (TPSA) is 53.8 Å². The third-order valence-corrected chi connectivity index (χ3v) is 3.03. The largest absolute Gasteiger partial charge is 0.311 e. The fourth-order valence-electron chi connectivity index (χ4n) is 1.95. The molecule has 5 heteroatoms. The molecule has 0 aliphatic carbocycles. The van der Waals surface area contributed by atoms with Crippen molar-refractivity contribution in [3.63, 3.8) is 0 Å². The number of carbonyl (C=O) groups excluding carboxylic acids is 1. The molecule has 21 heavy (non-hydrogen) atoms. The zero-order valence-electron chi connectivity index (χ0n) is 11.0. The normalized spacial score (nSPS) is 12.4. The number of nitriles is 1. The van der Waals surface area contributed by atoms with E-state index in [4.69, 9.17) is 5.26 Å². The van der Waals surface area contributed by atoms with E-state index in [9.17, 15) is 13.6 Å². The van der Waals surface area contributed by atoms with Gasteiger partial charge in [-0.05, 0) is 12.1 Å². The highest BCUT2D eigenvalue weighted by Crippen LogP contribution is 2.31. The third kappa shape index (κ3) is 3.48. The summed E-state index contributed by atoms with van der Waals surface area (Å²) in [4.78, 5) is 15.8. The first kappa shape index (κ1) is 14.8. The van der Waals surface area contributed by atoms with Crippen LogP contribution in [0.25, 0.3) is 0 Å². The van der Waals surface area contributed by atoms with Crippen LogP contribution in [0.1, 0.15) is 28.4 Å². The number of benzene rings is 1. The summed E-state index contributed by atoms with van der Waals surface area (Å²) in [6.45, 7) is 0. The van der Waals surface area contributed by atoms with Crippen molar-refractivity contribution in [2.24, 2.45) is 0 Å². The lowest BCUT2D eigenvalue weighted by molar-refractivity contribution is 0.00299. The first-order valence-corrected chi connectivity index (χ1v) is 6.33. The average Bonchev–Trinajstić information content (AvgIpc) is 2.53. The summed E-state index contributed by atoms with van der Waals surface area (Å²) in [5.41, 5.74) is 0.167. The quantitative estimate of drug-likeness (QED) is 0.789. The first-order chi connectivity index (χ1) is 10.0. The van der Waals surface area contributed by atoms with Gasteiger partial charge in [0.1, 0.15) is 0 Å². The number of carbonyl (C=O) groups is 1. The molecule has 0 aliphatic rings. The minimum atomic E-state index is -3.61. The van der Waals surface area contributed by atoms with Crippen LogP contribution in [0.3, 0.4) is 0 Å². The molecule has 3 nitrogen and oxygen atoms in total. The highest BCUT2D eigenvalue weighted by atomic mass is 19.3. The lowest BCUT2D eigenvalue weighted by atomic mass is 9.93. The van der Waals surface area contributed by atoms with Gasteiger partial charge in [0, 0.05) is 18.2 Å². The molecule has 2 rings (SSSR count). The average molecular weight is 286 g/mol. The summed E-state index contributed by atoms with van der Waals surface area (Å²) < 4.78 is 28.2. The van der Waals surface area contributed by atoms with Gasteiger partial charge in [0.2, 0.25) is 5.78 Å². The van der Waals surface area contributed by atoms with Crippen LogP contribution in [0.4, 0.5) is 8.78 Å². The van der Waals surface area contributed by atoms with Crippen molar-refractivity contribution < 1.29 is 13.6 Å². The smallest absolute Gasteiger partial charge is 0.287 e. The predicted molar refractivity (Wildman–Crippen MR) is 72.9 cm³/mol. The van der Waals surface area contributed by atoms with E-state index in [0.29, 0.717) is 0 Å². The van der Waals surface area contributed by atoms with Crippen molar-refractivity contribution in [3.8, 4) is 6.07 Å². The van der Waals surface area contributed by atoms with E-state index < -0.39 is 24.0 Å². The molecular weight excluding hydrogens is 274 g/mol. The van der Waals surface area contributed by atoms with E-state index in [1.807, 2.05) is 0 Å². The molecule has 1 atom stereocenters. The molecule has 1 aromatic carbocycles. The standard InChI is InChI=1S/C16H12F2N2O/c17-16(18,15(21)12-6-2-1-3-7-12)10-13(11-19)14-8-4-5-9-20-14/h1-9,13H,10H2. The van der Waals surface area contributed by atoms with Crippen LogP contribution < -0.4 is 0 Å². The molecule has 0 bridgehead atoms. The number of hydrogen-bond acceptors (Lipinski definition) is 3. The van der Waals surface area contributed by atoms with Crippen molar-refractivity contribution in [1.29, 1.82) is 5.26 Å². The number of pyridine rings is 1. The van der Waals surface area contributed by atoms with Crippen molar-refractivity contribution >= 4 is 5.78 Å². The van der Waals surface area contributed by atoms with Crippen molar-refractivity contribution in [2.75, 3.05) is 0 Å². The minimum absolute atomic E-state index is 0.0692. The van der Waals surface area contributed by atoms with E-state index in [0.717, 1.165) is 0 Å². The maximum Gasteiger partial charge on any atom is 0.311 e. The van der Waals surface area contributed by atoms with E-state index in [1.165, 1.54) is 36.5 Å². The molecular formula is C16H12F2N2O. The van der Waals surface area contributed by atoms with E-state index in [-0.39, 0.29) is 11.3 Å². The fraction of sp³-hybridized carbons (Fsp3) is 0.188. The molecule has 1 aromatic heterocycles. The SMILES string of the molecule is N#CC(CC(F)(F)C(=O)c1ccccc1)c1ccccn1. The number of Topliss-reactive ketones (excluding diaryl/α,β-unsaturated/α-hetero) is 1. The number of ketones is 1. The van der Waals surface area contributed by atoms with Gasteiger partial charge in [-0.1, -0.05) is 36.4 Å². The first-order valence-electron chi connectivity index (χ1n) is 6.33. The van der Waals surface area contributed by atoms with Gasteiger partial charge in [-0.3, -0.25) is 9.78 Å². The van der Waals surface area contributed by atoms with E-state index >= 15 is 0 Å². The van der Waals surface area contributed by atoms with Gasteiger partial charge in [0.25, 0.3) is 0 Å². The second-order valence-corrected chi connectivity index (χ2v) is 4.54. The van der Waals surface area contributed by atoms with Crippen LogP contribution in [0, 0.1) is 11.3 Å². The second-order valence-electron chi connectivity index (χ2n) is 4.54. The minimum Gasteiger partial charge on any atom is -0.287 e. The summed E-state index contributed by atoms with van der Waals surface area (Å²) in [7, 11) is 0. The highest BCUT2D eigenvalue weighted by Gasteiger charge is 2.42. The Hall–Kier alpha value is -2.61. The lowest BCUT2D eigenvalue weighted by Gasteiger charge is -2.17. The molecule has 1 heterocycles. The zero-order chi connectivity index (χ0) is 15.3. The Morgan fingerprint density at radius 3 is 2.43 bits per heavy atom. The van der Waals surface area contributed by atoms with Gasteiger partial charge in [-0.15, -0.1) is 0 Å². The molecule has 0 radical (unpaired) electrons. The van der Waals surface area contributed by atoms with Crippen LogP contribution in [0.5, 0.6) is 0 Å². The van der Waals surface area contributed by atoms with Crippen LogP contribution >= 0.6 is 0 Å². The number of nitrogens with zero attached hydrogens (tertiary/aromatic N) is 2. The zero-order valence-corrected chi connectivity index (χ0v) is 11.0. The van der Waals surface area contributed by atoms with Crippen LogP contribution in [0.2, 0.25) is 0 Å². The Balaban J connectivity index is 2.20. The number of hydrogen-bond donors (Lipinski definition) is 0. The van der Waals surface area contributed by atoms with Crippen molar-refractivity contribution in [2.45, 2.75) is 18.3 Å². The Kier molecular flexibility index (Phi) is 4.39. The summed E-state index contributed by atoms with van der Waals surface area (Å²) in [6.07, 6.45) is 0.547. The molecule has 0 aliphatic heterocycles. The van der Waals surface area contributed by atoms with Crippen LogP contribution in [-0.4, -0.2) is 16.7 Å². The van der Waals surface area contributed by atoms with Crippen molar-refractivity contribution in [1.82, 2.24) is 4.98 Å². The van der Waals surface area contributed by atoms with Gasteiger partial charge in [0.15, 0.2) is 0 Å². The number of rotatable bonds is 5. The number of aromatic nitrogens is 1. The Labute approximate surface area is 120 Å². The molecule has 0 fully saturated rings. The Morgan fingerprint density at radius 2 is 1.86 bits per heavy atom. The molecule has 0 N–H and O–H groups in total. The third-order valence-electron chi connectivity index (χ3n) is 3.03. The maximum absolute atomic E-state index is 14.1. The highest BCUT2D eigenvalue weighted by molar-refractivity contribution is 6.01. The second kappa shape index (κ2) is 6.23. The van der Waals surface area contributed by atoms with Gasteiger partial charge < -0.3 is 0 Å². The summed E-state index contributed by atoms with van der Waals surface area (Å²) in [5.74, 6) is -6.02. The summed E-state index contributed by atoms with van der Waals surface area (Å²) in [6, 6.07) is 13.9. The Morgan fingerprint density at radius 1 is 1.19 bits per heavy atom. The monoisotopic (exact) mass is 286 g/mol. The lowest BCUT2D eigenvalue weighted by Crippen LogP contribution is -2.30. The van der Waals surface area contributed by atoms with Gasteiger partial charge >= 0.3 is 5.92 Å². The number of halogens is 2. The molecule has 106 valence electrons. The van der Waals surface area contributed by atoms with E-state index in [2.05, 4.69) is 4.98 Å². The van der Waals surface area contributed by atoms with E-state index in [1.54, 1.807) is 24.3 Å². The molecule has 0 saturated heterocycles. The molecule has 1 unspecified atom stereocenters.